The molecule has 2 N–H and O–H groups in total. The van der Waals surface area contributed by atoms with E-state index in [2.05, 4.69) is 15.6 Å². The zero-order valence-electron chi connectivity index (χ0n) is 13.2. The molecule has 3 aromatic rings. The zero-order chi connectivity index (χ0) is 16.9. The van der Waals surface area contributed by atoms with Crippen LogP contribution >= 0.6 is 0 Å². The number of anilines is 1. The number of amides is 2. The summed E-state index contributed by atoms with van der Waals surface area (Å²) >= 11 is 0. The van der Waals surface area contributed by atoms with E-state index in [-0.39, 0.29) is 11.8 Å². The third kappa shape index (κ3) is 3.57. The van der Waals surface area contributed by atoms with Gasteiger partial charge >= 0.3 is 0 Å². The van der Waals surface area contributed by atoms with Crippen molar-refractivity contribution in [2.45, 2.75) is 6.42 Å². The number of pyridine rings is 1. The van der Waals surface area contributed by atoms with Gasteiger partial charge in [-0.25, -0.2) is 4.98 Å². The molecule has 24 heavy (non-hydrogen) atoms. The molecule has 1 heterocycles. The Hall–Kier alpha value is -3.21. The molecule has 0 fully saturated rings. The number of carbonyl (C=O) groups excluding carboxylic acids is 2. The molecule has 0 bridgehead atoms. The van der Waals surface area contributed by atoms with Crippen LogP contribution in [0.3, 0.4) is 0 Å². The first-order valence-electron chi connectivity index (χ1n) is 7.62. The number of fused-ring (bicyclic) bond motifs is 1. The fraction of sp³-hybridized carbons (Fsp3) is 0.105. The maximum absolute atomic E-state index is 12.3. The van der Waals surface area contributed by atoms with Gasteiger partial charge in [-0.2, -0.15) is 0 Å². The van der Waals surface area contributed by atoms with Crippen molar-refractivity contribution in [2.75, 3.05) is 12.4 Å². The van der Waals surface area contributed by atoms with Crippen LogP contribution in [0.25, 0.3) is 10.9 Å². The molecule has 0 unspecified atom stereocenters. The van der Waals surface area contributed by atoms with Crippen LogP contribution in [0.1, 0.15) is 16.1 Å². The van der Waals surface area contributed by atoms with Gasteiger partial charge in [0.25, 0.3) is 5.91 Å². The van der Waals surface area contributed by atoms with Crippen molar-refractivity contribution in [1.82, 2.24) is 10.3 Å². The normalized spacial score (nSPS) is 10.4. The van der Waals surface area contributed by atoms with Gasteiger partial charge in [0.15, 0.2) is 0 Å². The summed E-state index contributed by atoms with van der Waals surface area (Å²) in [4.78, 5) is 28.1. The van der Waals surface area contributed by atoms with Crippen molar-refractivity contribution in [3.63, 3.8) is 0 Å². The minimum atomic E-state index is -0.264. The van der Waals surface area contributed by atoms with Gasteiger partial charge in [-0.3, -0.25) is 9.59 Å². The van der Waals surface area contributed by atoms with Gasteiger partial charge in [-0.05, 0) is 29.8 Å². The summed E-state index contributed by atoms with van der Waals surface area (Å²) in [6.45, 7) is 0. The van der Waals surface area contributed by atoms with Crippen molar-refractivity contribution >= 4 is 28.4 Å². The smallest absolute Gasteiger partial charge is 0.274 e. The van der Waals surface area contributed by atoms with Gasteiger partial charge in [0, 0.05) is 18.1 Å². The van der Waals surface area contributed by atoms with Gasteiger partial charge in [-0.15, -0.1) is 0 Å². The van der Waals surface area contributed by atoms with E-state index < -0.39 is 0 Å². The number of carbonyl (C=O) groups is 2. The Labute approximate surface area is 139 Å². The van der Waals surface area contributed by atoms with E-state index in [0.29, 0.717) is 17.8 Å². The summed E-state index contributed by atoms with van der Waals surface area (Å²) in [5, 5.41) is 6.39. The molecule has 0 saturated heterocycles. The van der Waals surface area contributed by atoms with Crippen molar-refractivity contribution in [3.8, 4) is 0 Å². The van der Waals surface area contributed by atoms with E-state index >= 15 is 0 Å². The summed E-state index contributed by atoms with van der Waals surface area (Å²) in [5.41, 5.74) is 2.70. The van der Waals surface area contributed by atoms with Crippen LogP contribution in [0.4, 0.5) is 5.69 Å². The van der Waals surface area contributed by atoms with Crippen LogP contribution in [0, 0.1) is 0 Å². The molecule has 0 aliphatic rings. The fourth-order valence-electron chi connectivity index (χ4n) is 2.37. The molecule has 2 amide bonds. The predicted octanol–water partition coefficient (Wildman–Crippen LogP) is 2.78. The monoisotopic (exact) mass is 319 g/mol. The SMILES string of the molecule is CNC(=O)Cc1ccc(NC(=O)c2ccc3ccccc3n2)cc1. The van der Waals surface area contributed by atoms with Crippen LogP contribution in [0.15, 0.2) is 60.7 Å². The summed E-state index contributed by atoms with van der Waals surface area (Å²) in [7, 11) is 1.60. The number of benzene rings is 2. The highest BCUT2D eigenvalue weighted by atomic mass is 16.2. The minimum absolute atomic E-state index is 0.0489. The van der Waals surface area contributed by atoms with Crippen molar-refractivity contribution < 1.29 is 9.59 Å². The third-order valence-electron chi connectivity index (χ3n) is 3.69. The lowest BCUT2D eigenvalue weighted by Gasteiger charge is -2.07. The lowest BCUT2D eigenvalue weighted by molar-refractivity contribution is -0.119. The van der Waals surface area contributed by atoms with Gasteiger partial charge in [0.2, 0.25) is 5.91 Å². The second-order valence-electron chi connectivity index (χ2n) is 5.39. The number of hydrogen-bond acceptors (Lipinski definition) is 3. The maximum atomic E-state index is 12.3. The van der Waals surface area contributed by atoms with Crippen molar-refractivity contribution in [2.24, 2.45) is 0 Å². The Morgan fingerprint density at radius 3 is 2.46 bits per heavy atom. The second kappa shape index (κ2) is 6.91. The molecular weight excluding hydrogens is 302 g/mol. The summed E-state index contributed by atoms with van der Waals surface area (Å²) in [5.74, 6) is -0.313. The number of para-hydroxylation sites is 1. The second-order valence-corrected chi connectivity index (χ2v) is 5.39. The molecule has 5 nitrogen and oxygen atoms in total. The Balaban J connectivity index is 1.72. The van der Waals surface area contributed by atoms with E-state index in [1.807, 2.05) is 42.5 Å². The molecule has 120 valence electrons. The quantitative estimate of drug-likeness (QED) is 0.777. The Morgan fingerprint density at radius 2 is 1.71 bits per heavy atom. The number of aromatic nitrogens is 1. The first kappa shape index (κ1) is 15.7. The molecule has 0 spiro atoms. The molecule has 0 aliphatic heterocycles. The predicted molar refractivity (Wildman–Crippen MR) is 93.9 cm³/mol. The van der Waals surface area contributed by atoms with Crippen molar-refractivity contribution in [1.29, 1.82) is 0 Å². The average molecular weight is 319 g/mol. The molecule has 5 heteroatoms. The Morgan fingerprint density at radius 1 is 0.958 bits per heavy atom. The van der Waals surface area contributed by atoms with E-state index in [1.54, 1.807) is 25.2 Å². The number of nitrogens with one attached hydrogen (secondary N) is 2. The summed E-state index contributed by atoms with van der Waals surface area (Å²) in [6, 6.07) is 18.4. The molecule has 3 rings (SSSR count). The molecule has 2 aromatic carbocycles. The highest BCUT2D eigenvalue weighted by Crippen LogP contribution is 2.14. The lowest BCUT2D eigenvalue weighted by Crippen LogP contribution is -2.19. The van der Waals surface area contributed by atoms with E-state index in [1.165, 1.54) is 0 Å². The molecule has 1 aromatic heterocycles. The van der Waals surface area contributed by atoms with E-state index in [0.717, 1.165) is 16.5 Å². The number of nitrogens with zero attached hydrogens (tertiary/aromatic N) is 1. The highest BCUT2D eigenvalue weighted by Gasteiger charge is 2.09. The number of hydrogen-bond donors (Lipinski definition) is 2. The summed E-state index contributed by atoms with van der Waals surface area (Å²) in [6.07, 6.45) is 0.316. The van der Waals surface area contributed by atoms with Gasteiger partial charge in [0.1, 0.15) is 5.69 Å². The molecule has 0 atom stereocenters. The largest absolute Gasteiger partial charge is 0.359 e. The minimum Gasteiger partial charge on any atom is -0.359 e. The first-order chi connectivity index (χ1) is 11.7. The Bertz CT molecular complexity index is 889. The zero-order valence-corrected chi connectivity index (χ0v) is 13.2. The van der Waals surface area contributed by atoms with Gasteiger partial charge in [-0.1, -0.05) is 36.4 Å². The molecular formula is C19H17N3O2. The van der Waals surface area contributed by atoms with E-state index in [4.69, 9.17) is 0 Å². The number of rotatable bonds is 4. The maximum Gasteiger partial charge on any atom is 0.274 e. The number of likely N-dealkylation sites (N-methyl/N-ethyl adjacent to an activating group) is 1. The van der Waals surface area contributed by atoms with Crippen molar-refractivity contribution in [3.05, 3.63) is 71.9 Å². The molecule has 0 radical (unpaired) electrons. The highest BCUT2D eigenvalue weighted by molar-refractivity contribution is 6.04. The average Bonchev–Trinajstić information content (AvgIpc) is 2.62. The standard InChI is InChI=1S/C19H17N3O2/c1-20-18(23)12-13-6-9-15(10-7-13)21-19(24)17-11-8-14-4-2-3-5-16(14)22-17/h2-11H,12H2,1H3,(H,20,23)(H,21,24). The molecule has 0 saturated carbocycles. The van der Waals surface area contributed by atoms with Crippen LogP contribution in [0.5, 0.6) is 0 Å². The van der Waals surface area contributed by atoms with Crippen LogP contribution < -0.4 is 10.6 Å². The topological polar surface area (TPSA) is 71.1 Å². The Kier molecular flexibility index (Phi) is 4.52. The van der Waals surface area contributed by atoms with Gasteiger partial charge < -0.3 is 10.6 Å². The van der Waals surface area contributed by atoms with E-state index in [9.17, 15) is 9.59 Å². The van der Waals surface area contributed by atoms with Crippen LogP contribution in [0.2, 0.25) is 0 Å². The van der Waals surface area contributed by atoms with Crippen LogP contribution in [-0.2, 0) is 11.2 Å². The van der Waals surface area contributed by atoms with Crippen LogP contribution in [-0.4, -0.2) is 23.8 Å². The molecule has 0 aliphatic carbocycles. The first-order valence-corrected chi connectivity index (χ1v) is 7.62. The fourth-order valence-corrected chi connectivity index (χ4v) is 2.37. The lowest BCUT2D eigenvalue weighted by atomic mass is 10.1. The summed E-state index contributed by atoms with van der Waals surface area (Å²) < 4.78 is 0. The van der Waals surface area contributed by atoms with Gasteiger partial charge in [0.05, 0.1) is 11.9 Å². The third-order valence-corrected chi connectivity index (χ3v) is 3.69.